The number of non-ortho nitro benzene ring substituents is 2. The Hall–Kier alpha value is -1.99. The summed E-state index contributed by atoms with van der Waals surface area (Å²) in [6, 6.07) is 5.99. The predicted molar refractivity (Wildman–Crippen MR) is 85.3 cm³/mol. The number of rotatable bonds is 4. The van der Waals surface area contributed by atoms with Gasteiger partial charge in [-0.2, -0.15) is 0 Å². The minimum Gasteiger partial charge on any atom is -0.338 e. The first-order chi connectivity index (χ1) is 10.6. The second-order valence-electron chi connectivity index (χ2n) is 4.43. The number of nitrogens with zero attached hydrogens (tertiary/aromatic N) is 2. The lowest BCUT2D eigenvalue weighted by Crippen LogP contribution is -2.16. The molecule has 0 aliphatic rings. The molecule has 0 fully saturated rings. The monoisotopic (exact) mass is 376 g/mol. The van der Waals surface area contributed by atoms with Gasteiger partial charge in [-0.25, -0.2) is 0 Å². The number of benzene rings is 2. The fourth-order valence-corrected chi connectivity index (χ4v) is 3.98. The van der Waals surface area contributed by atoms with E-state index in [2.05, 4.69) is 0 Å². The summed E-state index contributed by atoms with van der Waals surface area (Å²) in [4.78, 5) is 30.4. The van der Waals surface area contributed by atoms with Crippen molar-refractivity contribution in [3.63, 3.8) is 0 Å². The van der Waals surface area contributed by atoms with Crippen LogP contribution in [-0.4, -0.2) is 14.7 Å². The summed E-state index contributed by atoms with van der Waals surface area (Å²) in [7, 11) is -4.36. The molecule has 0 radical (unpaired) electrons. The predicted octanol–water partition coefficient (Wildman–Crippen LogP) is 3.03. The van der Waals surface area contributed by atoms with Gasteiger partial charge >= 0.3 is 0 Å². The van der Waals surface area contributed by atoms with E-state index in [9.17, 15) is 29.7 Å². The van der Waals surface area contributed by atoms with Crippen LogP contribution in [-0.2, 0) is 4.57 Å². The topological polar surface area (TPSA) is 124 Å². The van der Waals surface area contributed by atoms with E-state index in [1.54, 1.807) is 0 Å². The van der Waals surface area contributed by atoms with Crippen molar-refractivity contribution >= 4 is 52.6 Å². The Morgan fingerprint density at radius 2 is 1.17 bits per heavy atom. The van der Waals surface area contributed by atoms with Crippen molar-refractivity contribution in [3.05, 3.63) is 66.7 Å². The summed E-state index contributed by atoms with van der Waals surface area (Å²) in [5, 5.41) is 20.8. The molecule has 2 aromatic carbocycles. The fraction of sp³-hybridized carbons (Fsp3) is 0. The van der Waals surface area contributed by atoms with Crippen LogP contribution in [0.15, 0.2) is 36.4 Å². The Kier molecular flexibility index (Phi) is 4.72. The van der Waals surface area contributed by atoms with Crippen molar-refractivity contribution in [1.82, 2.24) is 0 Å². The molecule has 8 nitrogen and oxygen atoms in total. The highest BCUT2D eigenvalue weighted by Crippen LogP contribution is 2.41. The van der Waals surface area contributed by atoms with Gasteiger partial charge in [0.1, 0.15) is 0 Å². The van der Waals surface area contributed by atoms with E-state index in [0.29, 0.717) is 0 Å². The zero-order valence-electron chi connectivity index (χ0n) is 11.1. The van der Waals surface area contributed by atoms with Crippen LogP contribution >= 0.6 is 30.6 Å². The molecule has 0 atom stereocenters. The molecule has 0 unspecified atom stereocenters. The molecule has 0 aromatic heterocycles. The smallest absolute Gasteiger partial charge is 0.271 e. The van der Waals surface area contributed by atoms with Gasteiger partial charge in [0.05, 0.1) is 9.85 Å². The summed E-state index contributed by atoms with van der Waals surface area (Å²) >= 11 is 11.5. The van der Waals surface area contributed by atoms with E-state index in [-0.39, 0.29) is 20.7 Å². The maximum Gasteiger partial charge on any atom is 0.271 e. The van der Waals surface area contributed by atoms with E-state index < -0.39 is 28.6 Å². The molecule has 0 spiro atoms. The van der Waals surface area contributed by atoms with Crippen LogP contribution in [0.4, 0.5) is 11.4 Å². The van der Waals surface area contributed by atoms with E-state index >= 15 is 0 Å². The molecule has 11 heteroatoms. The first kappa shape index (κ1) is 17.4. The van der Waals surface area contributed by atoms with Gasteiger partial charge < -0.3 is 4.89 Å². The minimum atomic E-state index is -4.36. The average Bonchev–Trinajstić information content (AvgIpc) is 2.45. The van der Waals surface area contributed by atoms with Crippen molar-refractivity contribution in [3.8, 4) is 0 Å². The molecule has 0 bridgehead atoms. The van der Waals surface area contributed by atoms with Gasteiger partial charge in [-0.1, -0.05) is 23.2 Å². The molecule has 1 N–H and O–H groups in total. The lowest BCUT2D eigenvalue weighted by atomic mass is 10.3. The van der Waals surface area contributed by atoms with Crippen molar-refractivity contribution in [2.45, 2.75) is 0 Å². The summed E-state index contributed by atoms with van der Waals surface area (Å²) < 4.78 is 12.7. The second kappa shape index (κ2) is 6.25. The highest BCUT2D eigenvalue weighted by molar-refractivity contribution is 7.73. The van der Waals surface area contributed by atoms with Crippen LogP contribution in [0.2, 0.25) is 10.0 Å². The third-order valence-electron chi connectivity index (χ3n) is 2.86. The molecule has 0 saturated carbocycles. The summed E-state index contributed by atoms with van der Waals surface area (Å²) in [6.07, 6.45) is 0. The second-order valence-corrected chi connectivity index (χ2v) is 7.48. The lowest BCUT2D eigenvalue weighted by molar-refractivity contribution is -0.384. The quantitative estimate of drug-likeness (QED) is 0.496. The molecule has 2 aromatic rings. The number of nitro benzene ring substituents is 2. The Bertz CT molecular complexity index is 805. The Morgan fingerprint density at radius 1 is 0.826 bits per heavy atom. The minimum absolute atomic E-state index is 0.111. The summed E-state index contributed by atoms with van der Waals surface area (Å²) in [5.74, 6) is 0. The van der Waals surface area contributed by atoms with E-state index in [4.69, 9.17) is 23.2 Å². The fourth-order valence-electron chi connectivity index (χ4n) is 1.83. The van der Waals surface area contributed by atoms with Gasteiger partial charge in [0.15, 0.2) is 0 Å². The highest BCUT2D eigenvalue weighted by atomic mass is 35.5. The zero-order chi connectivity index (χ0) is 17.4. The Morgan fingerprint density at radius 3 is 1.48 bits per heavy atom. The molecule has 23 heavy (non-hydrogen) atoms. The van der Waals surface area contributed by atoms with Crippen molar-refractivity contribution in [2.75, 3.05) is 0 Å². The molecular formula is C12H7Cl2N2O6P. The molecule has 0 aliphatic carbocycles. The van der Waals surface area contributed by atoms with Crippen LogP contribution in [0.3, 0.4) is 0 Å². The summed E-state index contributed by atoms with van der Waals surface area (Å²) in [6.45, 7) is 0. The molecule has 2 rings (SSSR count). The highest BCUT2D eigenvalue weighted by Gasteiger charge is 2.29. The first-order valence-corrected chi connectivity index (χ1v) is 8.26. The van der Waals surface area contributed by atoms with Gasteiger partial charge in [-0.3, -0.25) is 24.8 Å². The van der Waals surface area contributed by atoms with E-state index in [1.165, 1.54) is 0 Å². The maximum absolute atomic E-state index is 12.7. The normalized spacial score (nSPS) is 11.3. The molecule has 0 heterocycles. The van der Waals surface area contributed by atoms with Gasteiger partial charge in [0, 0.05) is 44.9 Å². The number of halogens is 2. The van der Waals surface area contributed by atoms with E-state index in [1.807, 2.05) is 0 Å². The van der Waals surface area contributed by atoms with E-state index in [0.717, 1.165) is 36.4 Å². The van der Waals surface area contributed by atoms with Gasteiger partial charge in [0.25, 0.3) is 18.7 Å². The summed E-state index contributed by atoms with van der Waals surface area (Å²) in [5.41, 5.74) is -0.948. The number of hydrogen-bond acceptors (Lipinski definition) is 5. The molecule has 120 valence electrons. The van der Waals surface area contributed by atoms with Crippen LogP contribution in [0.25, 0.3) is 0 Å². The zero-order valence-corrected chi connectivity index (χ0v) is 13.5. The van der Waals surface area contributed by atoms with Gasteiger partial charge in [0.2, 0.25) is 0 Å². The van der Waals surface area contributed by atoms with Crippen LogP contribution in [0.5, 0.6) is 0 Å². The molecule has 0 saturated heterocycles. The SMILES string of the molecule is O=[N+]([O-])c1cc(Cl)cc(P(=O)(O)c2cc(Cl)cc([N+](=O)[O-])c2)c1. The number of hydrogen-bond donors (Lipinski definition) is 1. The molecular weight excluding hydrogens is 370 g/mol. The number of nitro groups is 2. The molecule has 0 amide bonds. The largest absolute Gasteiger partial charge is 0.338 e. The van der Waals surface area contributed by atoms with Crippen molar-refractivity contribution < 1.29 is 19.3 Å². The van der Waals surface area contributed by atoms with Crippen LogP contribution in [0, 0.1) is 20.2 Å². The van der Waals surface area contributed by atoms with Gasteiger partial charge in [-0.15, -0.1) is 0 Å². The van der Waals surface area contributed by atoms with Crippen molar-refractivity contribution in [2.24, 2.45) is 0 Å². The third kappa shape index (κ3) is 3.68. The van der Waals surface area contributed by atoms with Gasteiger partial charge in [-0.05, 0) is 12.1 Å². The Labute approximate surface area is 139 Å². The average molecular weight is 377 g/mol. The molecule has 0 aliphatic heterocycles. The standard InChI is InChI=1S/C12H7Cl2N2O6P/c13-7-1-9(15(17)18)5-11(3-7)23(21,22)12-4-8(14)2-10(6-12)16(19)20/h1-6H,(H,21,22). The maximum atomic E-state index is 12.7. The van der Waals surface area contributed by atoms with Crippen molar-refractivity contribution in [1.29, 1.82) is 0 Å². The first-order valence-electron chi connectivity index (χ1n) is 5.85. The Balaban J connectivity index is 2.65. The van der Waals surface area contributed by atoms with Crippen LogP contribution < -0.4 is 10.6 Å². The lowest BCUT2D eigenvalue weighted by Gasteiger charge is -2.12. The third-order valence-corrected chi connectivity index (χ3v) is 5.21. The van der Waals surface area contributed by atoms with Crippen LogP contribution in [0.1, 0.15) is 0 Å².